The van der Waals surface area contributed by atoms with Gasteiger partial charge in [-0.05, 0) is 6.08 Å². The lowest BCUT2D eigenvalue weighted by Gasteiger charge is -2.16. The summed E-state index contributed by atoms with van der Waals surface area (Å²) in [6.45, 7) is 4.40. The lowest BCUT2D eigenvalue weighted by molar-refractivity contribution is 0.224. The molecule has 3 nitrogen and oxygen atoms in total. The smallest absolute Gasteiger partial charge is 0.181 e. The normalized spacial score (nSPS) is 17.0. The van der Waals surface area contributed by atoms with Crippen LogP contribution in [0.15, 0.2) is 29.2 Å². The fourth-order valence-corrected chi connectivity index (χ4v) is 1.18. The summed E-state index contributed by atoms with van der Waals surface area (Å²) in [7, 11) is 3.25. The van der Waals surface area contributed by atoms with E-state index in [1.54, 1.807) is 20.3 Å². The molecular formula is C9H13NO2. The molecule has 0 fully saturated rings. The highest BCUT2D eigenvalue weighted by atomic mass is 16.5. The van der Waals surface area contributed by atoms with Gasteiger partial charge in [0.05, 0.1) is 14.2 Å². The van der Waals surface area contributed by atoms with Crippen molar-refractivity contribution in [2.45, 2.75) is 6.42 Å². The van der Waals surface area contributed by atoms with Gasteiger partial charge >= 0.3 is 0 Å². The zero-order valence-electron chi connectivity index (χ0n) is 7.46. The van der Waals surface area contributed by atoms with Gasteiger partial charge < -0.3 is 9.47 Å². The molecule has 0 atom stereocenters. The van der Waals surface area contributed by atoms with E-state index in [9.17, 15) is 0 Å². The van der Waals surface area contributed by atoms with E-state index in [1.165, 1.54) is 0 Å². The molecule has 0 saturated heterocycles. The van der Waals surface area contributed by atoms with Crippen LogP contribution in [0, 0.1) is 0 Å². The van der Waals surface area contributed by atoms with Gasteiger partial charge in [0, 0.05) is 13.0 Å². The first-order valence-electron chi connectivity index (χ1n) is 3.82. The van der Waals surface area contributed by atoms with Crippen LogP contribution in [0.25, 0.3) is 0 Å². The van der Waals surface area contributed by atoms with Crippen molar-refractivity contribution in [3.8, 4) is 0 Å². The van der Waals surface area contributed by atoms with Crippen molar-refractivity contribution >= 4 is 5.71 Å². The van der Waals surface area contributed by atoms with Gasteiger partial charge in [0.25, 0.3) is 0 Å². The molecule has 3 heteroatoms. The van der Waals surface area contributed by atoms with Gasteiger partial charge in [-0.1, -0.05) is 6.58 Å². The number of hydrogen-bond acceptors (Lipinski definition) is 3. The topological polar surface area (TPSA) is 30.8 Å². The maximum absolute atomic E-state index is 5.15. The Balaban J connectivity index is 2.96. The first-order chi connectivity index (χ1) is 5.83. The van der Waals surface area contributed by atoms with Crippen molar-refractivity contribution in [3.63, 3.8) is 0 Å². The first kappa shape index (κ1) is 8.84. The summed E-state index contributed by atoms with van der Waals surface area (Å²) in [5.41, 5.74) is 0.778. The van der Waals surface area contributed by atoms with E-state index in [0.29, 0.717) is 5.76 Å². The predicted molar refractivity (Wildman–Crippen MR) is 48.2 cm³/mol. The molecule has 1 aliphatic heterocycles. The van der Waals surface area contributed by atoms with Crippen molar-refractivity contribution in [3.05, 3.63) is 24.2 Å². The number of hydrogen-bond donors (Lipinski definition) is 0. The van der Waals surface area contributed by atoms with Crippen molar-refractivity contribution in [2.24, 2.45) is 4.99 Å². The second-order valence-corrected chi connectivity index (χ2v) is 2.38. The number of dihydropyridines is 1. The van der Waals surface area contributed by atoms with E-state index in [4.69, 9.17) is 9.47 Å². The summed E-state index contributed by atoms with van der Waals surface area (Å²) in [4.78, 5) is 4.23. The second kappa shape index (κ2) is 3.95. The Hall–Kier alpha value is -1.25. The van der Waals surface area contributed by atoms with Crippen LogP contribution in [0.2, 0.25) is 0 Å². The Morgan fingerprint density at radius 1 is 1.42 bits per heavy atom. The summed E-state index contributed by atoms with van der Waals surface area (Å²) in [6, 6.07) is 0. The maximum atomic E-state index is 5.15. The molecule has 0 bridgehead atoms. The molecule has 12 heavy (non-hydrogen) atoms. The van der Waals surface area contributed by atoms with Crippen molar-refractivity contribution in [2.75, 3.05) is 20.8 Å². The van der Waals surface area contributed by atoms with Crippen LogP contribution < -0.4 is 0 Å². The maximum Gasteiger partial charge on any atom is 0.181 e. The van der Waals surface area contributed by atoms with E-state index in [0.717, 1.165) is 24.4 Å². The third kappa shape index (κ3) is 1.49. The van der Waals surface area contributed by atoms with E-state index in [2.05, 4.69) is 11.6 Å². The van der Waals surface area contributed by atoms with Crippen molar-refractivity contribution < 1.29 is 9.47 Å². The largest absolute Gasteiger partial charge is 0.497 e. The molecule has 0 aromatic rings. The minimum Gasteiger partial charge on any atom is -0.497 e. The van der Waals surface area contributed by atoms with E-state index < -0.39 is 0 Å². The fraction of sp³-hybridized carbons (Fsp3) is 0.444. The molecule has 0 N–H and O–H groups in total. The number of rotatable bonds is 3. The fourth-order valence-electron chi connectivity index (χ4n) is 1.18. The van der Waals surface area contributed by atoms with E-state index >= 15 is 0 Å². The van der Waals surface area contributed by atoms with E-state index in [1.807, 2.05) is 0 Å². The van der Waals surface area contributed by atoms with E-state index in [-0.39, 0.29) is 0 Å². The zero-order valence-corrected chi connectivity index (χ0v) is 7.46. The van der Waals surface area contributed by atoms with Crippen LogP contribution in [0.5, 0.6) is 0 Å². The molecule has 1 rings (SSSR count). The Morgan fingerprint density at radius 2 is 2.17 bits per heavy atom. The Bertz CT molecular complexity index is 241. The van der Waals surface area contributed by atoms with Gasteiger partial charge in [-0.25, -0.2) is 0 Å². The van der Waals surface area contributed by atoms with Crippen LogP contribution in [-0.2, 0) is 9.47 Å². The van der Waals surface area contributed by atoms with Crippen LogP contribution in [0.4, 0.5) is 0 Å². The molecule has 66 valence electrons. The van der Waals surface area contributed by atoms with Crippen LogP contribution in [0.1, 0.15) is 6.42 Å². The second-order valence-electron chi connectivity index (χ2n) is 2.38. The Labute approximate surface area is 72.4 Å². The lowest BCUT2D eigenvalue weighted by atomic mass is 10.2. The third-order valence-corrected chi connectivity index (χ3v) is 1.75. The molecule has 0 aromatic carbocycles. The van der Waals surface area contributed by atoms with Crippen molar-refractivity contribution in [1.29, 1.82) is 0 Å². The highest BCUT2D eigenvalue weighted by molar-refractivity contribution is 6.07. The summed E-state index contributed by atoms with van der Waals surface area (Å²) in [6.07, 6.45) is 2.48. The minimum atomic E-state index is 0.707. The molecule has 0 radical (unpaired) electrons. The molecule has 1 aliphatic rings. The summed E-state index contributed by atoms with van der Waals surface area (Å²) >= 11 is 0. The molecule has 0 spiro atoms. The van der Waals surface area contributed by atoms with Gasteiger partial charge in [-0.3, -0.25) is 4.99 Å². The van der Waals surface area contributed by atoms with Crippen molar-refractivity contribution in [1.82, 2.24) is 0 Å². The van der Waals surface area contributed by atoms with Gasteiger partial charge in [0.1, 0.15) is 11.5 Å². The SMILES string of the molecule is C=CC1=NCCC(OC)=C1OC. The Morgan fingerprint density at radius 3 is 2.67 bits per heavy atom. The first-order valence-corrected chi connectivity index (χ1v) is 3.82. The van der Waals surface area contributed by atoms with Gasteiger partial charge in [-0.15, -0.1) is 0 Å². The van der Waals surface area contributed by atoms with Gasteiger partial charge in [0.2, 0.25) is 0 Å². The quantitative estimate of drug-likeness (QED) is 0.638. The highest BCUT2D eigenvalue weighted by Crippen LogP contribution is 2.17. The van der Waals surface area contributed by atoms with Crippen LogP contribution in [-0.4, -0.2) is 26.5 Å². The number of methoxy groups -OCH3 is 2. The number of aliphatic imine (C=N–C) groups is 1. The molecule has 0 aromatic heterocycles. The third-order valence-electron chi connectivity index (χ3n) is 1.75. The summed E-state index contributed by atoms with van der Waals surface area (Å²) < 4.78 is 10.3. The predicted octanol–water partition coefficient (Wildman–Crippen LogP) is 1.52. The molecule has 0 saturated carbocycles. The standard InChI is InChI=1S/C9H13NO2/c1-4-7-9(12-3)8(11-2)5-6-10-7/h4H,1,5-6H2,2-3H3. The average molecular weight is 167 g/mol. The van der Waals surface area contributed by atoms with Crippen LogP contribution >= 0.6 is 0 Å². The summed E-state index contributed by atoms with van der Waals surface area (Å²) in [5, 5.41) is 0. The minimum absolute atomic E-state index is 0.707. The zero-order chi connectivity index (χ0) is 8.97. The molecule has 0 unspecified atom stereocenters. The highest BCUT2D eigenvalue weighted by Gasteiger charge is 2.16. The molecule has 0 aliphatic carbocycles. The Kier molecular flexibility index (Phi) is 2.91. The average Bonchev–Trinajstić information content (AvgIpc) is 2.16. The van der Waals surface area contributed by atoms with Gasteiger partial charge in [-0.2, -0.15) is 0 Å². The number of ether oxygens (including phenoxy) is 2. The number of nitrogens with zero attached hydrogens (tertiary/aromatic N) is 1. The molecule has 0 amide bonds. The lowest BCUT2D eigenvalue weighted by Crippen LogP contribution is -2.13. The van der Waals surface area contributed by atoms with Gasteiger partial charge in [0.15, 0.2) is 5.76 Å². The molecule has 1 heterocycles. The van der Waals surface area contributed by atoms with Crippen LogP contribution in [0.3, 0.4) is 0 Å². The monoisotopic (exact) mass is 167 g/mol. The number of allylic oxidation sites excluding steroid dienone is 1. The summed E-state index contributed by atoms with van der Waals surface area (Å²) in [5.74, 6) is 1.56. The molecular weight excluding hydrogens is 154 g/mol.